The normalized spacial score (nSPS) is 25.0. The Bertz CT molecular complexity index is 1040. The van der Waals surface area contributed by atoms with E-state index in [1.807, 2.05) is 0 Å². The number of nitriles is 1. The third-order valence-corrected chi connectivity index (χ3v) is 7.29. The molecule has 0 amide bonds. The highest BCUT2D eigenvalue weighted by Gasteiger charge is 2.37. The molecule has 168 valence electrons. The largest absolute Gasteiger partial charge is 0.423 e. The first-order chi connectivity index (χ1) is 15.4. The maximum Gasteiger partial charge on any atom is 0.343 e. The average Bonchev–Trinajstić information content (AvgIpc) is 2.78. The number of rotatable bonds is 4. The van der Waals surface area contributed by atoms with Crippen molar-refractivity contribution in [2.45, 2.75) is 57.8 Å². The zero-order chi connectivity index (χ0) is 22.8. The fourth-order valence-corrected chi connectivity index (χ4v) is 5.53. The number of benzene rings is 2. The standard InChI is InChI=1S/C26H26F3NO2/c1-2-15-3-4-17-10-18(6-5-16(17)9-15)25-23(28)11-20(12-24(25)29)26(31)32-21-8-7-19(14-30)22(27)13-21/h7-8,11-13,15-18H,2-6,9-10H2,1H3/t15-,16-,17+,18?/m0/s1. The number of hydrogen-bond acceptors (Lipinski definition) is 3. The quantitative estimate of drug-likeness (QED) is 0.383. The van der Waals surface area contributed by atoms with Gasteiger partial charge in [-0.1, -0.05) is 19.8 Å². The molecule has 32 heavy (non-hydrogen) atoms. The highest BCUT2D eigenvalue weighted by molar-refractivity contribution is 5.91. The van der Waals surface area contributed by atoms with Gasteiger partial charge in [-0.05, 0) is 80.0 Å². The number of hydrogen-bond donors (Lipinski definition) is 0. The fraction of sp³-hybridized carbons (Fsp3) is 0.462. The van der Waals surface area contributed by atoms with Crippen molar-refractivity contribution < 1.29 is 22.7 Å². The number of nitrogens with zero attached hydrogens (tertiary/aromatic N) is 1. The monoisotopic (exact) mass is 441 g/mol. The van der Waals surface area contributed by atoms with E-state index < -0.39 is 23.4 Å². The SMILES string of the molecule is CC[C@H]1CC[C@@H]2CC(c3c(F)cc(C(=O)Oc4ccc(C#N)c(F)c4)cc3F)CC[C@H]2C1. The van der Waals surface area contributed by atoms with Crippen molar-refractivity contribution in [3.63, 3.8) is 0 Å². The van der Waals surface area contributed by atoms with E-state index in [0.717, 1.165) is 49.8 Å². The van der Waals surface area contributed by atoms with Crippen LogP contribution < -0.4 is 4.74 Å². The van der Waals surface area contributed by atoms with E-state index in [9.17, 15) is 18.0 Å². The van der Waals surface area contributed by atoms with Gasteiger partial charge in [-0.2, -0.15) is 5.26 Å². The minimum atomic E-state index is -0.986. The maximum absolute atomic E-state index is 15.0. The molecule has 2 aromatic rings. The van der Waals surface area contributed by atoms with Crippen molar-refractivity contribution in [3.8, 4) is 11.8 Å². The molecule has 4 rings (SSSR count). The Labute approximate surface area is 186 Å². The topological polar surface area (TPSA) is 50.1 Å². The van der Waals surface area contributed by atoms with Gasteiger partial charge in [0.1, 0.15) is 29.3 Å². The summed E-state index contributed by atoms with van der Waals surface area (Å²) in [7, 11) is 0. The fourth-order valence-electron chi connectivity index (χ4n) is 5.53. The lowest BCUT2D eigenvalue weighted by Crippen LogP contribution is -2.30. The second-order valence-corrected chi connectivity index (χ2v) is 9.11. The van der Waals surface area contributed by atoms with E-state index in [1.54, 1.807) is 6.07 Å². The van der Waals surface area contributed by atoms with Crippen LogP contribution in [0.4, 0.5) is 13.2 Å². The summed E-state index contributed by atoms with van der Waals surface area (Å²) in [5, 5.41) is 8.77. The molecule has 6 heteroatoms. The van der Waals surface area contributed by atoms with Crippen LogP contribution in [0.25, 0.3) is 0 Å². The molecule has 0 radical (unpaired) electrons. The van der Waals surface area contributed by atoms with Crippen LogP contribution in [0.1, 0.15) is 79.3 Å². The van der Waals surface area contributed by atoms with Gasteiger partial charge < -0.3 is 4.74 Å². The van der Waals surface area contributed by atoms with Crippen LogP contribution in [0.15, 0.2) is 30.3 Å². The summed E-state index contributed by atoms with van der Waals surface area (Å²) in [5.41, 5.74) is -0.406. The van der Waals surface area contributed by atoms with Crippen LogP contribution in [-0.2, 0) is 0 Å². The molecule has 0 bridgehead atoms. The van der Waals surface area contributed by atoms with Gasteiger partial charge in [0, 0.05) is 11.6 Å². The Kier molecular flexibility index (Phi) is 6.55. The third kappa shape index (κ3) is 4.53. The Morgan fingerprint density at radius 3 is 2.34 bits per heavy atom. The van der Waals surface area contributed by atoms with Crippen LogP contribution in [0, 0.1) is 46.5 Å². The summed E-state index contributed by atoms with van der Waals surface area (Å²) < 4.78 is 48.7. The molecule has 2 fully saturated rings. The Hall–Kier alpha value is -2.81. The van der Waals surface area contributed by atoms with Gasteiger partial charge in [-0.15, -0.1) is 0 Å². The predicted octanol–water partition coefficient (Wildman–Crippen LogP) is 6.90. The molecule has 2 aliphatic carbocycles. The molecule has 0 saturated heterocycles. The van der Waals surface area contributed by atoms with Gasteiger partial charge in [0.15, 0.2) is 0 Å². The zero-order valence-corrected chi connectivity index (χ0v) is 18.0. The second kappa shape index (κ2) is 9.36. The van der Waals surface area contributed by atoms with Crippen LogP contribution in [0.5, 0.6) is 5.75 Å². The van der Waals surface area contributed by atoms with E-state index in [4.69, 9.17) is 10.00 Å². The summed E-state index contributed by atoms with van der Waals surface area (Å²) >= 11 is 0. The van der Waals surface area contributed by atoms with Crippen molar-refractivity contribution >= 4 is 5.97 Å². The number of esters is 1. The number of carbonyl (C=O) groups excluding carboxylic acids is 1. The first kappa shape index (κ1) is 22.4. The highest BCUT2D eigenvalue weighted by atomic mass is 19.1. The summed E-state index contributed by atoms with van der Waals surface area (Å²) in [6.07, 6.45) is 7.24. The lowest BCUT2D eigenvalue weighted by molar-refractivity contribution is 0.0733. The lowest BCUT2D eigenvalue weighted by Gasteiger charge is -2.42. The molecular formula is C26H26F3NO2. The molecule has 0 heterocycles. The molecular weight excluding hydrogens is 415 g/mol. The summed E-state index contributed by atoms with van der Waals surface area (Å²) in [6, 6.07) is 6.99. The zero-order valence-electron chi connectivity index (χ0n) is 18.0. The molecule has 0 spiro atoms. The third-order valence-electron chi connectivity index (χ3n) is 7.29. The Morgan fingerprint density at radius 1 is 1.00 bits per heavy atom. The molecule has 0 aromatic heterocycles. The number of carbonyl (C=O) groups is 1. The first-order valence-electron chi connectivity index (χ1n) is 11.3. The maximum atomic E-state index is 15.0. The molecule has 2 aromatic carbocycles. The van der Waals surface area contributed by atoms with Crippen LogP contribution >= 0.6 is 0 Å². The summed E-state index contributed by atoms with van der Waals surface area (Å²) in [4.78, 5) is 12.4. The van der Waals surface area contributed by atoms with Crippen LogP contribution in [0.3, 0.4) is 0 Å². The molecule has 2 saturated carbocycles. The van der Waals surface area contributed by atoms with Gasteiger partial charge in [-0.25, -0.2) is 18.0 Å². The number of halogens is 3. The van der Waals surface area contributed by atoms with E-state index in [1.165, 1.54) is 31.4 Å². The van der Waals surface area contributed by atoms with E-state index >= 15 is 0 Å². The molecule has 0 aliphatic heterocycles. The minimum absolute atomic E-state index is 0.0574. The van der Waals surface area contributed by atoms with Crippen molar-refractivity contribution in [2.75, 3.05) is 0 Å². The number of ether oxygens (including phenoxy) is 1. The van der Waals surface area contributed by atoms with E-state index in [2.05, 4.69) is 6.92 Å². The van der Waals surface area contributed by atoms with Gasteiger partial charge >= 0.3 is 5.97 Å². The number of fused-ring (bicyclic) bond motifs is 1. The lowest BCUT2D eigenvalue weighted by atomic mass is 9.63. The van der Waals surface area contributed by atoms with Gasteiger partial charge in [0.05, 0.1) is 11.1 Å². The minimum Gasteiger partial charge on any atom is -0.423 e. The van der Waals surface area contributed by atoms with Gasteiger partial charge in [0.2, 0.25) is 0 Å². The smallest absolute Gasteiger partial charge is 0.343 e. The van der Waals surface area contributed by atoms with Crippen LogP contribution in [-0.4, -0.2) is 5.97 Å². The molecule has 2 aliphatic rings. The highest BCUT2D eigenvalue weighted by Crippen LogP contribution is 2.48. The summed E-state index contributed by atoms with van der Waals surface area (Å²) in [5.74, 6) is -1.71. The van der Waals surface area contributed by atoms with Crippen molar-refractivity contribution in [3.05, 3.63) is 64.5 Å². The van der Waals surface area contributed by atoms with E-state index in [0.29, 0.717) is 11.8 Å². The second-order valence-electron chi connectivity index (χ2n) is 9.11. The van der Waals surface area contributed by atoms with Gasteiger partial charge in [0.25, 0.3) is 0 Å². The average molecular weight is 441 g/mol. The molecule has 1 unspecified atom stereocenters. The van der Waals surface area contributed by atoms with Gasteiger partial charge in [-0.3, -0.25) is 0 Å². The molecule has 4 atom stereocenters. The predicted molar refractivity (Wildman–Crippen MR) is 114 cm³/mol. The van der Waals surface area contributed by atoms with Crippen LogP contribution in [0.2, 0.25) is 0 Å². The van der Waals surface area contributed by atoms with E-state index in [-0.39, 0.29) is 28.4 Å². The molecule has 0 N–H and O–H groups in total. The Balaban J connectivity index is 1.48. The van der Waals surface area contributed by atoms with Crippen molar-refractivity contribution in [2.24, 2.45) is 17.8 Å². The summed E-state index contributed by atoms with van der Waals surface area (Å²) in [6.45, 7) is 2.23. The molecule has 3 nitrogen and oxygen atoms in total. The first-order valence-corrected chi connectivity index (χ1v) is 11.3. The Morgan fingerprint density at radius 2 is 1.69 bits per heavy atom. The van der Waals surface area contributed by atoms with Crippen molar-refractivity contribution in [1.29, 1.82) is 5.26 Å². The van der Waals surface area contributed by atoms with Crippen molar-refractivity contribution in [1.82, 2.24) is 0 Å².